The summed E-state index contributed by atoms with van der Waals surface area (Å²) in [4.78, 5) is 2.72. The fourth-order valence-electron chi connectivity index (χ4n) is 5.01. The van der Waals surface area contributed by atoms with E-state index in [1.54, 1.807) is 12.7 Å². The fraction of sp³-hybridized carbons (Fsp3) is 0.667. The average molecular weight is 370 g/mol. The molecule has 0 amide bonds. The van der Waals surface area contributed by atoms with Crippen LogP contribution in [0.3, 0.4) is 0 Å². The highest BCUT2D eigenvalue weighted by atomic mass is 16.5. The standard InChI is InChI=1S/C24H35NO2/c1-27-23-11-14-24(26,15-12-23)21-9-7-20(8-10-21)18-19-4-3-16-25(17-13-19)22-5-2-6-22/h7-10,18,22-23,26H,2-6,11-17H2,1H3. The quantitative estimate of drug-likeness (QED) is 0.820. The molecule has 0 spiro atoms. The molecule has 1 aliphatic heterocycles. The van der Waals surface area contributed by atoms with Gasteiger partial charge in [0, 0.05) is 19.7 Å². The molecule has 1 N–H and O–H groups in total. The van der Waals surface area contributed by atoms with E-state index in [0.717, 1.165) is 37.3 Å². The first-order valence-corrected chi connectivity index (χ1v) is 11.0. The van der Waals surface area contributed by atoms with Crippen LogP contribution in [0.1, 0.15) is 75.3 Å². The van der Waals surface area contributed by atoms with Gasteiger partial charge in [-0.15, -0.1) is 0 Å². The first kappa shape index (κ1) is 19.2. The largest absolute Gasteiger partial charge is 0.385 e. The molecule has 0 radical (unpaired) electrons. The van der Waals surface area contributed by atoms with Gasteiger partial charge in [0.15, 0.2) is 0 Å². The molecule has 3 aliphatic rings. The lowest BCUT2D eigenvalue weighted by Crippen LogP contribution is -2.40. The second kappa shape index (κ2) is 8.46. The van der Waals surface area contributed by atoms with Gasteiger partial charge < -0.3 is 14.7 Å². The Morgan fingerprint density at radius 1 is 1.00 bits per heavy atom. The van der Waals surface area contributed by atoms with Crippen molar-refractivity contribution in [1.29, 1.82) is 0 Å². The van der Waals surface area contributed by atoms with Crippen molar-refractivity contribution in [1.82, 2.24) is 4.90 Å². The molecule has 4 rings (SSSR count). The smallest absolute Gasteiger partial charge is 0.0898 e. The Morgan fingerprint density at radius 2 is 1.74 bits per heavy atom. The molecule has 3 nitrogen and oxygen atoms in total. The zero-order valence-corrected chi connectivity index (χ0v) is 16.8. The Balaban J connectivity index is 1.38. The van der Waals surface area contributed by atoms with E-state index in [-0.39, 0.29) is 0 Å². The molecule has 1 heterocycles. The Kier molecular flexibility index (Phi) is 6.01. The van der Waals surface area contributed by atoms with E-state index < -0.39 is 5.60 Å². The molecule has 1 saturated heterocycles. The van der Waals surface area contributed by atoms with Crippen LogP contribution in [-0.4, -0.2) is 42.4 Å². The van der Waals surface area contributed by atoms with Gasteiger partial charge in [0.2, 0.25) is 0 Å². The maximum Gasteiger partial charge on any atom is 0.0898 e. The molecule has 148 valence electrons. The van der Waals surface area contributed by atoms with Crippen molar-refractivity contribution in [2.45, 2.75) is 82.0 Å². The summed E-state index contributed by atoms with van der Waals surface area (Å²) in [5.41, 5.74) is 3.26. The van der Waals surface area contributed by atoms with E-state index >= 15 is 0 Å². The highest BCUT2D eigenvalue weighted by molar-refractivity contribution is 5.53. The van der Waals surface area contributed by atoms with Crippen LogP contribution in [0.4, 0.5) is 0 Å². The van der Waals surface area contributed by atoms with Crippen LogP contribution in [-0.2, 0) is 10.3 Å². The lowest BCUT2D eigenvalue weighted by Gasteiger charge is -2.36. The molecule has 0 bridgehead atoms. The number of aliphatic hydroxyl groups is 1. The zero-order valence-electron chi connectivity index (χ0n) is 16.8. The number of rotatable bonds is 4. The SMILES string of the molecule is COC1CCC(O)(c2ccc(C=C3CCCN(C4CCC4)CC3)cc2)CC1. The Labute approximate surface area is 164 Å². The molecule has 1 aromatic rings. The Morgan fingerprint density at radius 3 is 2.37 bits per heavy atom. The number of hydrogen-bond donors (Lipinski definition) is 1. The van der Waals surface area contributed by atoms with E-state index in [4.69, 9.17) is 4.74 Å². The normalized spacial score (nSPS) is 32.2. The molecule has 1 aromatic carbocycles. The summed E-state index contributed by atoms with van der Waals surface area (Å²) in [5.74, 6) is 0. The number of ether oxygens (including phenoxy) is 1. The highest BCUT2D eigenvalue weighted by Crippen LogP contribution is 2.38. The van der Waals surface area contributed by atoms with Gasteiger partial charge in [-0.05, 0) is 75.5 Å². The van der Waals surface area contributed by atoms with Crippen molar-refractivity contribution < 1.29 is 9.84 Å². The number of hydrogen-bond acceptors (Lipinski definition) is 3. The number of likely N-dealkylation sites (tertiary alicyclic amines) is 1. The maximum absolute atomic E-state index is 11.0. The van der Waals surface area contributed by atoms with Crippen molar-refractivity contribution in [3.63, 3.8) is 0 Å². The lowest BCUT2D eigenvalue weighted by molar-refractivity contribution is -0.0474. The van der Waals surface area contributed by atoms with Crippen LogP contribution in [0, 0.1) is 0 Å². The van der Waals surface area contributed by atoms with E-state index in [2.05, 4.69) is 35.2 Å². The summed E-state index contributed by atoms with van der Waals surface area (Å²) < 4.78 is 5.44. The second-order valence-electron chi connectivity index (χ2n) is 8.87. The van der Waals surface area contributed by atoms with Gasteiger partial charge >= 0.3 is 0 Å². The first-order chi connectivity index (χ1) is 13.2. The van der Waals surface area contributed by atoms with Crippen LogP contribution in [0.5, 0.6) is 0 Å². The van der Waals surface area contributed by atoms with Crippen molar-refractivity contribution in [2.75, 3.05) is 20.2 Å². The van der Waals surface area contributed by atoms with Crippen LogP contribution in [0.15, 0.2) is 29.8 Å². The predicted octanol–water partition coefficient (Wildman–Crippen LogP) is 4.89. The lowest BCUT2D eigenvalue weighted by atomic mass is 9.78. The van der Waals surface area contributed by atoms with Gasteiger partial charge in [-0.3, -0.25) is 0 Å². The van der Waals surface area contributed by atoms with E-state index in [1.807, 2.05) is 0 Å². The second-order valence-corrected chi connectivity index (χ2v) is 8.87. The van der Waals surface area contributed by atoms with Crippen molar-refractivity contribution >= 4 is 6.08 Å². The predicted molar refractivity (Wildman–Crippen MR) is 111 cm³/mol. The molecule has 0 unspecified atom stereocenters. The van der Waals surface area contributed by atoms with Crippen LogP contribution < -0.4 is 0 Å². The molecule has 2 aliphatic carbocycles. The number of benzene rings is 1. The minimum Gasteiger partial charge on any atom is -0.385 e. The summed E-state index contributed by atoms with van der Waals surface area (Å²) in [6.45, 7) is 2.51. The van der Waals surface area contributed by atoms with Crippen LogP contribution >= 0.6 is 0 Å². The highest BCUT2D eigenvalue weighted by Gasteiger charge is 2.34. The monoisotopic (exact) mass is 369 g/mol. The van der Waals surface area contributed by atoms with Gasteiger partial charge in [-0.2, -0.15) is 0 Å². The summed E-state index contributed by atoms with van der Waals surface area (Å²) in [7, 11) is 1.77. The van der Waals surface area contributed by atoms with E-state index in [1.165, 1.54) is 57.2 Å². The molecule has 3 fully saturated rings. The topological polar surface area (TPSA) is 32.7 Å². The number of methoxy groups -OCH3 is 1. The first-order valence-electron chi connectivity index (χ1n) is 11.0. The minimum atomic E-state index is -0.674. The van der Waals surface area contributed by atoms with Crippen molar-refractivity contribution in [3.05, 3.63) is 41.0 Å². The van der Waals surface area contributed by atoms with Gasteiger partial charge in [-0.1, -0.05) is 42.3 Å². The third-order valence-electron chi connectivity index (χ3n) is 7.17. The van der Waals surface area contributed by atoms with E-state index in [0.29, 0.717) is 6.10 Å². The third-order valence-corrected chi connectivity index (χ3v) is 7.17. The molecule has 0 aromatic heterocycles. The molecule has 2 saturated carbocycles. The Bertz CT molecular complexity index is 639. The molecule has 3 heteroatoms. The zero-order chi connectivity index (χ0) is 18.7. The summed E-state index contributed by atoms with van der Waals surface area (Å²) in [6.07, 6.45) is 14.1. The molecule has 0 atom stereocenters. The number of nitrogens with zero attached hydrogens (tertiary/aromatic N) is 1. The molecule has 27 heavy (non-hydrogen) atoms. The van der Waals surface area contributed by atoms with Gasteiger partial charge in [0.1, 0.15) is 0 Å². The minimum absolute atomic E-state index is 0.309. The molecular weight excluding hydrogens is 334 g/mol. The average Bonchev–Trinajstić information content (AvgIpc) is 2.87. The van der Waals surface area contributed by atoms with Crippen molar-refractivity contribution in [3.8, 4) is 0 Å². The summed E-state index contributed by atoms with van der Waals surface area (Å²) >= 11 is 0. The molecular formula is C24H35NO2. The Hall–Kier alpha value is -1.16. The fourth-order valence-corrected chi connectivity index (χ4v) is 5.01. The van der Waals surface area contributed by atoms with Crippen LogP contribution in [0.2, 0.25) is 0 Å². The van der Waals surface area contributed by atoms with Crippen molar-refractivity contribution in [2.24, 2.45) is 0 Å². The summed E-state index contributed by atoms with van der Waals surface area (Å²) in [5, 5.41) is 11.0. The third kappa shape index (κ3) is 4.47. The summed E-state index contributed by atoms with van der Waals surface area (Å²) in [6, 6.07) is 9.53. The van der Waals surface area contributed by atoms with E-state index in [9.17, 15) is 5.11 Å². The van der Waals surface area contributed by atoms with Gasteiger partial charge in [0.05, 0.1) is 11.7 Å². The van der Waals surface area contributed by atoms with Gasteiger partial charge in [-0.25, -0.2) is 0 Å². The van der Waals surface area contributed by atoms with Gasteiger partial charge in [0.25, 0.3) is 0 Å². The van der Waals surface area contributed by atoms with Crippen LogP contribution in [0.25, 0.3) is 6.08 Å². The maximum atomic E-state index is 11.0.